The number of anilines is 1. The number of pyridine rings is 1. The van der Waals surface area contributed by atoms with Crippen molar-refractivity contribution < 1.29 is 9.21 Å². The van der Waals surface area contributed by atoms with Crippen molar-refractivity contribution in [3.8, 4) is 6.07 Å². The summed E-state index contributed by atoms with van der Waals surface area (Å²) in [5, 5.41) is 13.8. The number of nitrogens with zero attached hydrogens (tertiary/aromatic N) is 3. The van der Waals surface area contributed by atoms with Crippen LogP contribution in [0.1, 0.15) is 28.9 Å². The van der Waals surface area contributed by atoms with Crippen LogP contribution in [0.2, 0.25) is 0 Å². The molecule has 0 radical (unpaired) electrons. The average Bonchev–Trinajstić information content (AvgIpc) is 3.22. The molecule has 1 fully saturated rings. The van der Waals surface area contributed by atoms with Crippen LogP contribution in [0.4, 0.5) is 5.69 Å². The van der Waals surface area contributed by atoms with E-state index in [4.69, 9.17) is 4.42 Å². The lowest BCUT2D eigenvalue weighted by atomic mass is 10.0. The lowest BCUT2D eigenvalue weighted by Crippen LogP contribution is -2.42. The summed E-state index contributed by atoms with van der Waals surface area (Å²) in [6.45, 7) is 1.38. The Labute approximate surface area is 151 Å². The summed E-state index contributed by atoms with van der Waals surface area (Å²) < 4.78 is 5.00. The van der Waals surface area contributed by atoms with Gasteiger partial charge in [-0.2, -0.15) is 5.26 Å². The highest BCUT2D eigenvalue weighted by Crippen LogP contribution is 2.26. The zero-order valence-electron chi connectivity index (χ0n) is 14.2. The first-order valence-electron chi connectivity index (χ1n) is 8.62. The highest BCUT2D eigenvalue weighted by molar-refractivity contribution is 5.94. The zero-order valence-corrected chi connectivity index (χ0v) is 14.2. The Kier molecular flexibility index (Phi) is 4.28. The molecule has 0 bridgehead atoms. The number of nitrogens with one attached hydrogen (secondary N) is 1. The molecule has 130 valence electrons. The maximum Gasteiger partial charge on any atom is 0.257 e. The Balaban J connectivity index is 1.47. The smallest absolute Gasteiger partial charge is 0.257 e. The van der Waals surface area contributed by atoms with E-state index in [0.717, 1.165) is 29.4 Å². The number of hydrogen-bond acceptors (Lipinski definition) is 5. The molecule has 26 heavy (non-hydrogen) atoms. The number of piperidine rings is 1. The van der Waals surface area contributed by atoms with Crippen molar-refractivity contribution in [2.24, 2.45) is 0 Å². The number of fused-ring (bicyclic) bond motifs is 1. The van der Waals surface area contributed by atoms with E-state index in [0.29, 0.717) is 24.3 Å². The van der Waals surface area contributed by atoms with Crippen molar-refractivity contribution >= 4 is 22.5 Å². The quantitative estimate of drug-likeness (QED) is 0.786. The summed E-state index contributed by atoms with van der Waals surface area (Å²) in [4.78, 5) is 18.6. The molecule has 0 saturated carbocycles. The van der Waals surface area contributed by atoms with Crippen LogP contribution >= 0.6 is 0 Å². The predicted octanol–water partition coefficient (Wildman–Crippen LogP) is 3.42. The number of furan rings is 1. The van der Waals surface area contributed by atoms with Gasteiger partial charge >= 0.3 is 0 Å². The van der Waals surface area contributed by atoms with Gasteiger partial charge in [0.15, 0.2) is 0 Å². The minimum Gasteiger partial charge on any atom is -0.472 e. The normalized spacial score (nSPS) is 15.0. The number of amides is 1. The van der Waals surface area contributed by atoms with Gasteiger partial charge in [0.25, 0.3) is 5.91 Å². The van der Waals surface area contributed by atoms with Crippen molar-refractivity contribution in [1.29, 1.82) is 5.26 Å². The fourth-order valence-electron chi connectivity index (χ4n) is 3.37. The lowest BCUT2D eigenvalue weighted by Gasteiger charge is -2.33. The van der Waals surface area contributed by atoms with Gasteiger partial charge in [0.2, 0.25) is 0 Å². The van der Waals surface area contributed by atoms with Crippen molar-refractivity contribution in [2.45, 2.75) is 18.9 Å². The van der Waals surface area contributed by atoms with Crippen LogP contribution in [0.15, 0.2) is 53.3 Å². The monoisotopic (exact) mass is 346 g/mol. The van der Waals surface area contributed by atoms with E-state index in [2.05, 4.69) is 16.4 Å². The molecule has 1 aliphatic rings. The molecule has 3 heterocycles. The average molecular weight is 346 g/mol. The van der Waals surface area contributed by atoms with Crippen molar-refractivity contribution in [3.05, 3.63) is 60.2 Å². The number of aromatic nitrogens is 1. The van der Waals surface area contributed by atoms with Crippen LogP contribution in [0, 0.1) is 11.3 Å². The van der Waals surface area contributed by atoms with Crippen LogP contribution in [0.25, 0.3) is 10.9 Å². The fourth-order valence-corrected chi connectivity index (χ4v) is 3.37. The van der Waals surface area contributed by atoms with Crippen molar-refractivity contribution in [3.63, 3.8) is 0 Å². The van der Waals surface area contributed by atoms with E-state index < -0.39 is 0 Å². The molecule has 0 spiro atoms. The van der Waals surface area contributed by atoms with Crippen LogP contribution in [0.5, 0.6) is 0 Å². The SMILES string of the molecule is N#Cc1cc(NC2CCN(C(=O)c3ccoc3)CC2)c2ccccc2n1. The van der Waals surface area contributed by atoms with Crippen LogP contribution < -0.4 is 5.32 Å². The second-order valence-corrected chi connectivity index (χ2v) is 6.41. The molecule has 4 rings (SSSR count). The highest BCUT2D eigenvalue weighted by Gasteiger charge is 2.24. The maximum absolute atomic E-state index is 12.4. The first kappa shape index (κ1) is 16.2. The maximum atomic E-state index is 12.4. The Hall–Kier alpha value is -3.33. The molecule has 0 aliphatic carbocycles. The summed E-state index contributed by atoms with van der Waals surface area (Å²) in [5.74, 6) is 0.0123. The minimum absolute atomic E-state index is 0.0123. The number of para-hydroxylation sites is 1. The predicted molar refractivity (Wildman–Crippen MR) is 97.7 cm³/mol. The van der Waals surface area contributed by atoms with Crippen molar-refractivity contribution in [2.75, 3.05) is 18.4 Å². The standard InChI is InChI=1S/C20H18N4O2/c21-12-16-11-19(17-3-1-2-4-18(17)23-16)22-15-5-8-24(9-6-15)20(25)14-7-10-26-13-14/h1-4,7,10-11,13,15H,5-6,8-9H2,(H,22,23). The molecule has 0 atom stereocenters. The number of carbonyl (C=O) groups is 1. The highest BCUT2D eigenvalue weighted by atomic mass is 16.3. The number of hydrogen-bond donors (Lipinski definition) is 1. The molecule has 1 aromatic carbocycles. The fraction of sp³-hybridized carbons (Fsp3) is 0.250. The molecule has 0 unspecified atom stereocenters. The van der Waals surface area contributed by atoms with Gasteiger partial charge in [-0.15, -0.1) is 0 Å². The first-order chi connectivity index (χ1) is 12.7. The molecular formula is C20H18N4O2. The van der Waals surface area contributed by atoms with Crippen molar-refractivity contribution in [1.82, 2.24) is 9.88 Å². The van der Waals surface area contributed by atoms with E-state index in [9.17, 15) is 10.1 Å². The Bertz CT molecular complexity index is 967. The molecule has 1 saturated heterocycles. The van der Waals surface area contributed by atoms with E-state index in [1.807, 2.05) is 29.2 Å². The van der Waals surface area contributed by atoms with Gasteiger partial charge in [-0.05, 0) is 31.0 Å². The summed E-state index contributed by atoms with van der Waals surface area (Å²) >= 11 is 0. The Morgan fingerprint density at radius 3 is 2.81 bits per heavy atom. The number of rotatable bonds is 3. The van der Waals surface area contributed by atoms with E-state index in [-0.39, 0.29) is 11.9 Å². The van der Waals surface area contributed by atoms with E-state index in [1.54, 1.807) is 12.1 Å². The molecule has 3 aromatic rings. The van der Waals surface area contributed by atoms with E-state index >= 15 is 0 Å². The van der Waals surface area contributed by atoms with Crippen LogP contribution in [-0.2, 0) is 0 Å². The van der Waals surface area contributed by atoms with Crippen LogP contribution in [0.3, 0.4) is 0 Å². The first-order valence-corrected chi connectivity index (χ1v) is 8.62. The number of nitriles is 1. The van der Waals surface area contributed by atoms with Gasteiger partial charge < -0.3 is 14.6 Å². The molecule has 1 aliphatic heterocycles. The Morgan fingerprint density at radius 2 is 2.08 bits per heavy atom. The van der Waals surface area contributed by atoms with Gasteiger partial charge in [-0.1, -0.05) is 18.2 Å². The van der Waals surface area contributed by atoms with Gasteiger partial charge in [-0.3, -0.25) is 4.79 Å². The summed E-state index contributed by atoms with van der Waals surface area (Å²) in [6.07, 6.45) is 4.70. The molecule has 6 nitrogen and oxygen atoms in total. The molecule has 6 heteroatoms. The zero-order chi connectivity index (χ0) is 17.9. The van der Waals surface area contributed by atoms with Gasteiger partial charge in [0.05, 0.1) is 17.3 Å². The number of benzene rings is 1. The third-order valence-electron chi connectivity index (χ3n) is 4.74. The van der Waals surface area contributed by atoms with Crippen LogP contribution in [-0.4, -0.2) is 34.9 Å². The molecule has 1 amide bonds. The topological polar surface area (TPSA) is 82.2 Å². The number of likely N-dealkylation sites (tertiary alicyclic amines) is 1. The largest absolute Gasteiger partial charge is 0.472 e. The summed E-state index contributed by atoms with van der Waals surface area (Å²) in [6, 6.07) is 13.7. The summed E-state index contributed by atoms with van der Waals surface area (Å²) in [7, 11) is 0. The molecule has 1 N–H and O–H groups in total. The second kappa shape index (κ2) is 6.89. The minimum atomic E-state index is 0.0123. The summed E-state index contributed by atoms with van der Waals surface area (Å²) in [5.41, 5.74) is 2.72. The molecule has 2 aromatic heterocycles. The van der Waals surface area contributed by atoms with Gasteiger partial charge in [0, 0.05) is 30.2 Å². The molecular weight excluding hydrogens is 328 g/mol. The van der Waals surface area contributed by atoms with Gasteiger partial charge in [0.1, 0.15) is 18.0 Å². The van der Waals surface area contributed by atoms with E-state index in [1.165, 1.54) is 12.5 Å². The lowest BCUT2D eigenvalue weighted by molar-refractivity contribution is 0.0718. The van der Waals surface area contributed by atoms with Gasteiger partial charge in [-0.25, -0.2) is 4.98 Å². The second-order valence-electron chi connectivity index (χ2n) is 6.41. The Morgan fingerprint density at radius 1 is 1.27 bits per heavy atom. The number of carbonyl (C=O) groups excluding carboxylic acids is 1. The third-order valence-corrected chi connectivity index (χ3v) is 4.74. The third kappa shape index (κ3) is 3.11.